The van der Waals surface area contributed by atoms with Crippen molar-refractivity contribution in [3.8, 4) is 11.5 Å². The maximum absolute atomic E-state index is 6.07. The summed E-state index contributed by atoms with van der Waals surface area (Å²) in [4.78, 5) is 4.37. The first-order valence-electron chi connectivity index (χ1n) is 7.77. The summed E-state index contributed by atoms with van der Waals surface area (Å²) in [5, 5.41) is 1.24. The van der Waals surface area contributed by atoms with Crippen LogP contribution in [0.4, 0.5) is 0 Å². The van der Waals surface area contributed by atoms with Gasteiger partial charge in [0.05, 0.1) is 7.11 Å². The molecule has 0 atom stereocenters. The minimum absolute atomic E-state index is 0.355. The van der Waals surface area contributed by atoms with E-state index in [1.165, 1.54) is 0 Å². The van der Waals surface area contributed by atoms with Gasteiger partial charge in [-0.1, -0.05) is 29.3 Å². The molecule has 0 bridgehead atoms. The standard InChI is InChI=1S/C19H18Cl2N2O2/c1-13-3-4-17(10-18(13)24-2)25-12-19-22-5-6-23(19)11-14-7-15(20)9-16(21)8-14/h3-10H,11-12H2,1-2H3. The summed E-state index contributed by atoms with van der Waals surface area (Å²) >= 11 is 12.1. The van der Waals surface area contributed by atoms with Crippen LogP contribution in [-0.2, 0) is 13.2 Å². The highest BCUT2D eigenvalue weighted by atomic mass is 35.5. The summed E-state index contributed by atoms with van der Waals surface area (Å²) in [6.45, 7) is 2.97. The maximum atomic E-state index is 6.07. The second-order valence-electron chi connectivity index (χ2n) is 5.67. The van der Waals surface area contributed by atoms with Crippen LogP contribution in [0.2, 0.25) is 10.0 Å². The van der Waals surface area contributed by atoms with E-state index in [1.807, 2.05) is 48.0 Å². The molecule has 3 aromatic rings. The van der Waals surface area contributed by atoms with Gasteiger partial charge in [0.15, 0.2) is 0 Å². The summed E-state index contributed by atoms with van der Waals surface area (Å²) in [6.07, 6.45) is 3.66. The number of hydrogen-bond acceptors (Lipinski definition) is 3. The van der Waals surface area contributed by atoms with Gasteiger partial charge in [0.1, 0.15) is 23.9 Å². The van der Waals surface area contributed by atoms with Gasteiger partial charge in [-0.3, -0.25) is 0 Å². The van der Waals surface area contributed by atoms with Gasteiger partial charge in [-0.2, -0.15) is 0 Å². The molecule has 0 aliphatic rings. The lowest BCUT2D eigenvalue weighted by Crippen LogP contribution is -2.08. The highest BCUT2D eigenvalue weighted by Crippen LogP contribution is 2.24. The molecule has 0 aliphatic carbocycles. The van der Waals surface area contributed by atoms with Crippen molar-refractivity contribution in [1.29, 1.82) is 0 Å². The van der Waals surface area contributed by atoms with Crippen LogP contribution in [0, 0.1) is 6.92 Å². The zero-order valence-corrected chi connectivity index (χ0v) is 15.5. The van der Waals surface area contributed by atoms with E-state index in [0.717, 1.165) is 28.5 Å². The third-order valence-corrected chi connectivity index (χ3v) is 4.26. The molecule has 130 valence electrons. The van der Waals surface area contributed by atoms with Crippen LogP contribution in [0.3, 0.4) is 0 Å². The molecule has 0 radical (unpaired) electrons. The van der Waals surface area contributed by atoms with Gasteiger partial charge >= 0.3 is 0 Å². The van der Waals surface area contributed by atoms with Crippen molar-refractivity contribution >= 4 is 23.2 Å². The van der Waals surface area contributed by atoms with Crippen LogP contribution in [0.25, 0.3) is 0 Å². The zero-order valence-electron chi connectivity index (χ0n) is 14.0. The largest absolute Gasteiger partial charge is 0.496 e. The van der Waals surface area contributed by atoms with Crippen LogP contribution in [-0.4, -0.2) is 16.7 Å². The van der Waals surface area contributed by atoms with Gasteiger partial charge in [-0.05, 0) is 42.3 Å². The summed E-state index contributed by atoms with van der Waals surface area (Å²) in [7, 11) is 1.65. The van der Waals surface area contributed by atoms with Crippen LogP contribution in [0.15, 0.2) is 48.8 Å². The molecule has 0 unspecified atom stereocenters. The molecule has 0 fully saturated rings. The Morgan fingerprint density at radius 1 is 1.08 bits per heavy atom. The first kappa shape index (κ1) is 17.6. The molecule has 2 aromatic carbocycles. The van der Waals surface area contributed by atoms with E-state index in [1.54, 1.807) is 19.4 Å². The molecule has 0 saturated carbocycles. The van der Waals surface area contributed by atoms with Crippen molar-refractivity contribution in [3.05, 3.63) is 75.8 Å². The van der Waals surface area contributed by atoms with E-state index >= 15 is 0 Å². The molecule has 3 rings (SSSR count). The average Bonchev–Trinajstić information content (AvgIpc) is 3.00. The molecule has 0 saturated heterocycles. The van der Waals surface area contributed by atoms with Gasteiger partial charge in [0.2, 0.25) is 0 Å². The summed E-state index contributed by atoms with van der Waals surface area (Å²) < 4.78 is 13.2. The predicted octanol–water partition coefficient (Wildman–Crippen LogP) is 5.13. The Balaban J connectivity index is 1.71. The summed E-state index contributed by atoms with van der Waals surface area (Å²) in [5.74, 6) is 2.35. The van der Waals surface area contributed by atoms with Crippen LogP contribution >= 0.6 is 23.2 Å². The monoisotopic (exact) mass is 376 g/mol. The fraction of sp³-hybridized carbons (Fsp3) is 0.211. The van der Waals surface area contributed by atoms with Crippen LogP contribution < -0.4 is 9.47 Å². The molecule has 4 nitrogen and oxygen atoms in total. The molecule has 0 amide bonds. The SMILES string of the molecule is COc1cc(OCc2nccn2Cc2cc(Cl)cc(Cl)c2)ccc1C. The Morgan fingerprint density at radius 2 is 1.84 bits per heavy atom. The minimum atomic E-state index is 0.355. The Kier molecular flexibility index (Phi) is 5.51. The lowest BCUT2D eigenvalue weighted by Gasteiger charge is -2.12. The Bertz CT molecular complexity index is 857. The summed E-state index contributed by atoms with van der Waals surface area (Å²) in [6, 6.07) is 11.3. The van der Waals surface area contributed by atoms with Crippen molar-refractivity contribution < 1.29 is 9.47 Å². The Morgan fingerprint density at radius 3 is 2.56 bits per heavy atom. The average molecular weight is 377 g/mol. The van der Waals surface area contributed by atoms with Crippen LogP contribution in [0.1, 0.15) is 17.0 Å². The van der Waals surface area contributed by atoms with Crippen molar-refractivity contribution in [2.45, 2.75) is 20.1 Å². The van der Waals surface area contributed by atoms with E-state index in [9.17, 15) is 0 Å². The molecular formula is C19H18Cl2N2O2. The Labute approximate surface area is 156 Å². The molecule has 0 spiro atoms. The second-order valence-corrected chi connectivity index (χ2v) is 6.54. The highest BCUT2D eigenvalue weighted by molar-refractivity contribution is 6.34. The number of aryl methyl sites for hydroxylation is 1. The molecular weight excluding hydrogens is 359 g/mol. The number of aromatic nitrogens is 2. The van der Waals surface area contributed by atoms with Gasteiger partial charge in [-0.25, -0.2) is 4.98 Å². The quantitative estimate of drug-likeness (QED) is 0.597. The lowest BCUT2D eigenvalue weighted by molar-refractivity contribution is 0.288. The molecule has 6 heteroatoms. The zero-order chi connectivity index (χ0) is 17.8. The first-order valence-corrected chi connectivity index (χ1v) is 8.53. The molecule has 25 heavy (non-hydrogen) atoms. The Hall–Kier alpha value is -2.17. The van der Waals surface area contributed by atoms with Crippen LogP contribution in [0.5, 0.6) is 11.5 Å². The number of nitrogens with zero attached hydrogens (tertiary/aromatic N) is 2. The normalized spacial score (nSPS) is 10.7. The second kappa shape index (κ2) is 7.81. The highest BCUT2D eigenvalue weighted by Gasteiger charge is 2.07. The number of ether oxygens (including phenoxy) is 2. The summed E-state index contributed by atoms with van der Waals surface area (Å²) in [5.41, 5.74) is 2.07. The third-order valence-electron chi connectivity index (χ3n) is 3.82. The fourth-order valence-corrected chi connectivity index (χ4v) is 3.13. The van der Waals surface area contributed by atoms with Gasteiger partial charge in [-0.15, -0.1) is 0 Å². The molecule has 1 heterocycles. The van der Waals surface area contributed by atoms with E-state index in [2.05, 4.69) is 4.98 Å². The number of methoxy groups -OCH3 is 1. The first-order chi connectivity index (χ1) is 12.0. The topological polar surface area (TPSA) is 36.3 Å². The van der Waals surface area contributed by atoms with E-state index in [4.69, 9.17) is 32.7 Å². The number of benzene rings is 2. The van der Waals surface area contributed by atoms with Crippen molar-refractivity contribution in [1.82, 2.24) is 9.55 Å². The number of hydrogen-bond donors (Lipinski definition) is 0. The predicted molar refractivity (Wildman–Crippen MR) is 99.9 cm³/mol. The van der Waals surface area contributed by atoms with E-state index in [-0.39, 0.29) is 0 Å². The number of halogens is 2. The van der Waals surface area contributed by atoms with Gasteiger partial charge < -0.3 is 14.0 Å². The number of imidazole rings is 1. The van der Waals surface area contributed by atoms with Crippen molar-refractivity contribution in [3.63, 3.8) is 0 Å². The molecule has 1 aromatic heterocycles. The van der Waals surface area contributed by atoms with Gasteiger partial charge in [0, 0.05) is 35.1 Å². The smallest absolute Gasteiger partial charge is 0.147 e. The minimum Gasteiger partial charge on any atom is -0.496 e. The van der Waals surface area contributed by atoms with E-state index < -0.39 is 0 Å². The van der Waals surface area contributed by atoms with Crippen molar-refractivity contribution in [2.75, 3.05) is 7.11 Å². The lowest BCUT2D eigenvalue weighted by atomic mass is 10.2. The van der Waals surface area contributed by atoms with Gasteiger partial charge in [0.25, 0.3) is 0 Å². The number of rotatable bonds is 6. The van der Waals surface area contributed by atoms with Crippen molar-refractivity contribution in [2.24, 2.45) is 0 Å². The molecule has 0 N–H and O–H groups in total. The third kappa shape index (κ3) is 4.47. The maximum Gasteiger partial charge on any atom is 0.147 e. The fourth-order valence-electron chi connectivity index (χ4n) is 2.56. The molecule has 0 aliphatic heterocycles. The van der Waals surface area contributed by atoms with E-state index in [0.29, 0.717) is 23.2 Å².